The van der Waals surface area contributed by atoms with E-state index < -0.39 is 0 Å². The number of aromatic nitrogens is 3. The molecule has 0 aliphatic heterocycles. The van der Waals surface area contributed by atoms with E-state index in [9.17, 15) is 4.79 Å². The Balaban J connectivity index is 2.01. The lowest BCUT2D eigenvalue weighted by atomic mass is 10.4. The molecule has 0 unspecified atom stereocenters. The molecule has 72 valence electrons. The van der Waals surface area contributed by atoms with Crippen LogP contribution in [0.2, 0.25) is 0 Å². The molecule has 0 spiro atoms. The molecule has 0 atom stereocenters. The number of hydrogen-bond donors (Lipinski definition) is 0. The van der Waals surface area contributed by atoms with Crippen molar-refractivity contribution >= 4 is 6.29 Å². The van der Waals surface area contributed by atoms with E-state index >= 15 is 0 Å². The molecule has 0 fully saturated rings. The number of aryl methyl sites for hydroxylation is 2. The van der Waals surface area contributed by atoms with Gasteiger partial charge in [-0.15, -0.1) is 0 Å². The molecule has 4 nitrogen and oxygen atoms in total. The first-order valence-corrected chi connectivity index (χ1v) is 4.48. The Morgan fingerprint density at radius 1 is 1.29 bits per heavy atom. The molecule has 0 aliphatic carbocycles. The van der Waals surface area contributed by atoms with E-state index in [0.717, 1.165) is 19.4 Å². The van der Waals surface area contributed by atoms with Crippen molar-refractivity contribution in [2.24, 2.45) is 0 Å². The maximum Gasteiger partial charge on any atom is 0.166 e. The van der Waals surface area contributed by atoms with E-state index in [1.807, 2.05) is 33.8 Å². The quantitative estimate of drug-likeness (QED) is 0.678. The summed E-state index contributed by atoms with van der Waals surface area (Å²) in [5.74, 6) is 0. The van der Waals surface area contributed by atoms with Gasteiger partial charge in [-0.25, -0.2) is 0 Å². The first-order valence-electron chi connectivity index (χ1n) is 4.48. The highest BCUT2D eigenvalue weighted by atomic mass is 16.1. The SMILES string of the molecule is O=Cc1cccn1CCn1cccn1. The van der Waals surface area contributed by atoms with Gasteiger partial charge in [-0.3, -0.25) is 9.48 Å². The third-order valence-corrected chi connectivity index (χ3v) is 2.11. The van der Waals surface area contributed by atoms with Crippen molar-refractivity contribution in [2.45, 2.75) is 13.1 Å². The fourth-order valence-electron chi connectivity index (χ4n) is 1.38. The van der Waals surface area contributed by atoms with Gasteiger partial charge in [0.25, 0.3) is 0 Å². The number of rotatable bonds is 4. The Morgan fingerprint density at radius 2 is 2.21 bits per heavy atom. The van der Waals surface area contributed by atoms with Gasteiger partial charge in [0, 0.05) is 25.1 Å². The van der Waals surface area contributed by atoms with Crippen LogP contribution in [0.3, 0.4) is 0 Å². The third-order valence-electron chi connectivity index (χ3n) is 2.11. The minimum Gasteiger partial charge on any atom is -0.343 e. The van der Waals surface area contributed by atoms with Gasteiger partial charge < -0.3 is 4.57 Å². The fraction of sp³-hybridized carbons (Fsp3) is 0.200. The predicted molar refractivity (Wildman–Crippen MR) is 52.0 cm³/mol. The lowest BCUT2D eigenvalue weighted by Crippen LogP contribution is -2.08. The Kier molecular flexibility index (Phi) is 2.44. The van der Waals surface area contributed by atoms with Crippen LogP contribution in [0.1, 0.15) is 10.5 Å². The largest absolute Gasteiger partial charge is 0.343 e. The van der Waals surface area contributed by atoms with Gasteiger partial charge in [0.05, 0.1) is 12.2 Å². The molecule has 0 saturated heterocycles. The number of nitrogens with zero attached hydrogens (tertiary/aromatic N) is 3. The summed E-state index contributed by atoms with van der Waals surface area (Å²) >= 11 is 0. The van der Waals surface area contributed by atoms with Gasteiger partial charge in [0.15, 0.2) is 6.29 Å². The van der Waals surface area contributed by atoms with E-state index in [2.05, 4.69) is 5.10 Å². The molecule has 2 aromatic rings. The molecule has 0 bridgehead atoms. The molecular formula is C10H11N3O. The highest BCUT2D eigenvalue weighted by Gasteiger charge is 1.98. The van der Waals surface area contributed by atoms with Crippen LogP contribution < -0.4 is 0 Å². The normalized spacial score (nSPS) is 10.3. The number of hydrogen-bond acceptors (Lipinski definition) is 2. The van der Waals surface area contributed by atoms with E-state index in [0.29, 0.717) is 5.69 Å². The highest BCUT2D eigenvalue weighted by Crippen LogP contribution is 1.99. The zero-order valence-electron chi connectivity index (χ0n) is 7.71. The minimum atomic E-state index is 0.706. The molecule has 0 N–H and O–H groups in total. The first-order chi connectivity index (χ1) is 6.90. The standard InChI is InChI=1S/C10H11N3O/c14-9-10-3-1-5-12(10)7-8-13-6-2-4-11-13/h1-6,9H,7-8H2. The fourth-order valence-corrected chi connectivity index (χ4v) is 1.38. The van der Waals surface area contributed by atoms with Gasteiger partial charge >= 0.3 is 0 Å². The lowest BCUT2D eigenvalue weighted by molar-refractivity contribution is 0.111. The Hall–Kier alpha value is -1.84. The van der Waals surface area contributed by atoms with E-state index in [1.165, 1.54) is 0 Å². The van der Waals surface area contributed by atoms with Crippen LogP contribution >= 0.6 is 0 Å². The monoisotopic (exact) mass is 189 g/mol. The summed E-state index contributed by atoms with van der Waals surface area (Å²) in [5, 5.41) is 4.09. The van der Waals surface area contributed by atoms with E-state index in [1.54, 1.807) is 12.3 Å². The first kappa shape index (κ1) is 8.74. The topological polar surface area (TPSA) is 39.8 Å². The molecule has 0 aromatic carbocycles. The van der Waals surface area contributed by atoms with Crippen LogP contribution in [0.15, 0.2) is 36.8 Å². The summed E-state index contributed by atoms with van der Waals surface area (Å²) < 4.78 is 3.75. The zero-order valence-corrected chi connectivity index (χ0v) is 7.71. The summed E-state index contributed by atoms with van der Waals surface area (Å²) in [4.78, 5) is 10.6. The van der Waals surface area contributed by atoms with Crippen molar-refractivity contribution < 1.29 is 4.79 Å². The summed E-state index contributed by atoms with van der Waals surface area (Å²) in [7, 11) is 0. The lowest BCUT2D eigenvalue weighted by Gasteiger charge is -2.04. The third kappa shape index (κ3) is 1.74. The average Bonchev–Trinajstić information content (AvgIpc) is 2.85. The zero-order chi connectivity index (χ0) is 9.80. The van der Waals surface area contributed by atoms with Crippen molar-refractivity contribution in [1.82, 2.24) is 14.3 Å². The molecule has 0 aliphatic rings. The smallest absolute Gasteiger partial charge is 0.166 e. The van der Waals surface area contributed by atoms with Crippen LogP contribution in [-0.4, -0.2) is 20.6 Å². The van der Waals surface area contributed by atoms with Crippen molar-refractivity contribution in [3.63, 3.8) is 0 Å². The Bertz CT molecular complexity index is 403. The van der Waals surface area contributed by atoms with Crippen LogP contribution in [0.5, 0.6) is 0 Å². The molecule has 2 rings (SSSR count). The van der Waals surface area contributed by atoms with Gasteiger partial charge in [0.1, 0.15) is 0 Å². The van der Waals surface area contributed by atoms with Crippen LogP contribution in [0.25, 0.3) is 0 Å². The molecule has 0 saturated carbocycles. The predicted octanol–water partition coefficient (Wildman–Crippen LogP) is 1.20. The van der Waals surface area contributed by atoms with Crippen molar-refractivity contribution in [1.29, 1.82) is 0 Å². The van der Waals surface area contributed by atoms with Crippen molar-refractivity contribution in [3.05, 3.63) is 42.5 Å². The Morgan fingerprint density at radius 3 is 2.93 bits per heavy atom. The second kappa shape index (κ2) is 3.91. The average molecular weight is 189 g/mol. The molecule has 0 radical (unpaired) electrons. The van der Waals surface area contributed by atoms with Crippen LogP contribution in [-0.2, 0) is 13.1 Å². The Labute approximate surface area is 81.8 Å². The maximum atomic E-state index is 10.6. The second-order valence-corrected chi connectivity index (χ2v) is 3.01. The second-order valence-electron chi connectivity index (χ2n) is 3.01. The number of aldehydes is 1. The molecule has 4 heteroatoms. The minimum absolute atomic E-state index is 0.706. The number of carbonyl (C=O) groups is 1. The van der Waals surface area contributed by atoms with Gasteiger partial charge in [-0.05, 0) is 18.2 Å². The molecular weight excluding hydrogens is 178 g/mol. The summed E-state index contributed by atoms with van der Waals surface area (Å²) in [6, 6.07) is 5.55. The number of carbonyl (C=O) groups excluding carboxylic acids is 1. The van der Waals surface area contributed by atoms with Gasteiger partial charge in [-0.1, -0.05) is 0 Å². The molecule has 0 amide bonds. The van der Waals surface area contributed by atoms with Crippen molar-refractivity contribution in [2.75, 3.05) is 0 Å². The molecule has 2 heterocycles. The highest BCUT2D eigenvalue weighted by molar-refractivity contribution is 5.72. The summed E-state index contributed by atoms with van der Waals surface area (Å²) in [5.41, 5.74) is 0.706. The van der Waals surface area contributed by atoms with Gasteiger partial charge in [-0.2, -0.15) is 5.10 Å². The van der Waals surface area contributed by atoms with Crippen LogP contribution in [0.4, 0.5) is 0 Å². The molecule has 14 heavy (non-hydrogen) atoms. The maximum absolute atomic E-state index is 10.6. The summed E-state index contributed by atoms with van der Waals surface area (Å²) in [6.45, 7) is 1.55. The van der Waals surface area contributed by atoms with E-state index in [4.69, 9.17) is 0 Å². The molecule has 2 aromatic heterocycles. The van der Waals surface area contributed by atoms with E-state index in [-0.39, 0.29) is 0 Å². The van der Waals surface area contributed by atoms with Crippen molar-refractivity contribution in [3.8, 4) is 0 Å². The van der Waals surface area contributed by atoms with Crippen LogP contribution in [0, 0.1) is 0 Å². The van der Waals surface area contributed by atoms with Gasteiger partial charge in [0.2, 0.25) is 0 Å². The summed E-state index contributed by atoms with van der Waals surface area (Å²) in [6.07, 6.45) is 6.41.